The maximum Gasteiger partial charge on any atom is 0.254 e. The maximum atomic E-state index is 5.88. The third-order valence-corrected chi connectivity index (χ3v) is 3.70. The predicted molar refractivity (Wildman–Crippen MR) is 83.2 cm³/mol. The number of hydrogen-bond donors (Lipinski definition) is 1. The van der Waals surface area contributed by atoms with E-state index in [2.05, 4.69) is 33.0 Å². The van der Waals surface area contributed by atoms with Gasteiger partial charge in [0.1, 0.15) is 12.1 Å². The molecule has 0 spiro atoms. The van der Waals surface area contributed by atoms with Gasteiger partial charge in [0.25, 0.3) is 5.78 Å². The molecule has 0 aliphatic rings. The molecule has 21 heavy (non-hydrogen) atoms. The molecule has 3 rings (SSSR count). The van der Waals surface area contributed by atoms with Crippen LogP contribution in [0.5, 0.6) is 0 Å². The van der Waals surface area contributed by atoms with Crippen LogP contribution < -0.4 is 10.6 Å². The zero-order valence-electron chi connectivity index (χ0n) is 12.4. The summed E-state index contributed by atoms with van der Waals surface area (Å²) in [4.78, 5) is 10.7. The van der Waals surface area contributed by atoms with Gasteiger partial charge in [-0.1, -0.05) is 12.1 Å². The Bertz CT molecular complexity index is 779. The van der Waals surface area contributed by atoms with Crippen LogP contribution in [0.2, 0.25) is 0 Å². The van der Waals surface area contributed by atoms with Crippen LogP contribution in [0.25, 0.3) is 5.78 Å². The van der Waals surface area contributed by atoms with Gasteiger partial charge in [0.05, 0.1) is 6.04 Å². The Balaban J connectivity index is 2.03. The highest BCUT2D eigenvalue weighted by Crippen LogP contribution is 2.26. The molecule has 0 fully saturated rings. The summed E-state index contributed by atoms with van der Waals surface area (Å²) in [6, 6.07) is 10.1. The summed E-state index contributed by atoms with van der Waals surface area (Å²) in [5, 5.41) is 4.25. The number of aromatic nitrogens is 4. The van der Waals surface area contributed by atoms with Crippen molar-refractivity contribution in [2.75, 3.05) is 17.7 Å². The van der Waals surface area contributed by atoms with Gasteiger partial charge in [-0.05, 0) is 31.5 Å². The van der Waals surface area contributed by atoms with Crippen molar-refractivity contribution >= 4 is 17.3 Å². The molecule has 2 N–H and O–H groups in total. The van der Waals surface area contributed by atoms with E-state index in [4.69, 9.17) is 5.73 Å². The second-order valence-corrected chi connectivity index (χ2v) is 5.18. The minimum atomic E-state index is 0.155. The lowest BCUT2D eigenvalue weighted by Crippen LogP contribution is -2.24. The lowest BCUT2D eigenvalue weighted by Gasteiger charge is -2.27. The fourth-order valence-electron chi connectivity index (χ4n) is 2.40. The van der Waals surface area contributed by atoms with E-state index >= 15 is 0 Å². The SMILES string of the molecule is Cc1cc(N(C)C(C)c2cccc(N)c2)n2ncnc2n1. The number of aryl methyl sites for hydroxylation is 1. The van der Waals surface area contributed by atoms with Crippen LogP contribution >= 0.6 is 0 Å². The molecule has 0 aliphatic heterocycles. The highest BCUT2D eigenvalue weighted by atomic mass is 15.4. The van der Waals surface area contributed by atoms with E-state index in [0.717, 1.165) is 22.8 Å². The van der Waals surface area contributed by atoms with E-state index in [9.17, 15) is 0 Å². The number of nitrogen functional groups attached to an aromatic ring is 1. The van der Waals surface area contributed by atoms with Gasteiger partial charge in [-0.3, -0.25) is 0 Å². The van der Waals surface area contributed by atoms with Gasteiger partial charge in [-0.2, -0.15) is 14.6 Å². The van der Waals surface area contributed by atoms with Gasteiger partial charge in [0.15, 0.2) is 0 Å². The van der Waals surface area contributed by atoms with Gasteiger partial charge >= 0.3 is 0 Å². The molecule has 0 aliphatic carbocycles. The molecule has 0 saturated heterocycles. The minimum absolute atomic E-state index is 0.155. The third kappa shape index (κ3) is 2.40. The van der Waals surface area contributed by atoms with E-state index in [1.54, 1.807) is 4.52 Å². The Morgan fingerprint density at radius 2 is 2.10 bits per heavy atom. The topological polar surface area (TPSA) is 72.3 Å². The first kappa shape index (κ1) is 13.4. The van der Waals surface area contributed by atoms with Crippen molar-refractivity contribution in [3.05, 3.63) is 47.9 Å². The van der Waals surface area contributed by atoms with Crippen LogP contribution in [-0.2, 0) is 0 Å². The van der Waals surface area contributed by atoms with Crippen molar-refractivity contribution in [3.63, 3.8) is 0 Å². The van der Waals surface area contributed by atoms with Crippen LogP contribution in [0.1, 0.15) is 24.2 Å². The Morgan fingerprint density at radius 3 is 2.86 bits per heavy atom. The van der Waals surface area contributed by atoms with Crippen LogP contribution in [0.3, 0.4) is 0 Å². The zero-order valence-corrected chi connectivity index (χ0v) is 12.4. The first-order valence-corrected chi connectivity index (χ1v) is 6.82. The smallest absolute Gasteiger partial charge is 0.254 e. The van der Waals surface area contributed by atoms with E-state index in [0.29, 0.717) is 5.78 Å². The summed E-state index contributed by atoms with van der Waals surface area (Å²) < 4.78 is 1.75. The highest BCUT2D eigenvalue weighted by Gasteiger charge is 2.17. The second-order valence-electron chi connectivity index (χ2n) is 5.18. The highest BCUT2D eigenvalue weighted by molar-refractivity contribution is 5.50. The number of fused-ring (bicyclic) bond motifs is 1. The van der Waals surface area contributed by atoms with Gasteiger partial charge < -0.3 is 10.6 Å². The summed E-state index contributed by atoms with van der Waals surface area (Å²) in [6.45, 7) is 4.09. The number of rotatable bonds is 3. The molecular weight excluding hydrogens is 264 g/mol. The number of hydrogen-bond acceptors (Lipinski definition) is 5. The fourth-order valence-corrected chi connectivity index (χ4v) is 2.40. The molecule has 2 aromatic heterocycles. The van der Waals surface area contributed by atoms with Crippen molar-refractivity contribution in [3.8, 4) is 0 Å². The Labute approximate surface area is 123 Å². The maximum absolute atomic E-state index is 5.88. The molecule has 2 heterocycles. The standard InChI is InChI=1S/C15H18N6/c1-10-7-14(21-15(19-10)17-9-18-21)20(3)11(2)12-5-4-6-13(16)8-12/h4-9,11H,16H2,1-3H3. The lowest BCUT2D eigenvalue weighted by molar-refractivity contribution is 0.709. The molecule has 0 radical (unpaired) electrons. The van der Waals surface area contributed by atoms with Gasteiger partial charge in [0, 0.05) is 24.5 Å². The normalized spacial score (nSPS) is 12.5. The Hall–Kier alpha value is -2.63. The van der Waals surface area contributed by atoms with Crippen molar-refractivity contribution in [2.24, 2.45) is 0 Å². The van der Waals surface area contributed by atoms with Crippen LogP contribution in [0, 0.1) is 6.92 Å². The second kappa shape index (κ2) is 5.05. The molecule has 1 atom stereocenters. The molecule has 6 heteroatoms. The fraction of sp³-hybridized carbons (Fsp3) is 0.267. The summed E-state index contributed by atoms with van der Waals surface area (Å²) in [6.07, 6.45) is 1.52. The molecular formula is C15H18N6. The van der Waals surface area contributed by atoms with Crippen LogP contribution in [0.15, 0.2) is 36.7 Å². The summed E-state index contributed by atoms with van der Waals surface area (Å²) in [7, 11) is 2.03. The van der Waals surface area contributed by atoms with Gasteiger partial charge in [-0.15, -0.1) is 0 Å². The van der Waals surface area contributed by atoms with E-state index in [1.165, 1.54) is 6.33 Å². The number of benzene rings is 1. The first-order chi connectivity index (χ1) is 10.1. The lowest BCUT2D eigenvalue weighted by atomic mass is 10.1. The van der Waals surface area contributed by atoms with Crippen molar-refractivity contribution < 1.29 is 0 Å². The molecule has 108 valence electrons. The van der Waals surface area contributed by atoms with Crippen molar-refractivity contribution in [1.29, 1.82) is 0 Å². The number of nitrogens with zero attached hydrogens (tertiary/aromatic N) is 5. The minimum Gasteiger partial charge on any atom is -0.399 e. The van der Waals surface area contributed by atoms with Crippen molar-refractivity contribution in [1.82, 2.24) is 19.6 Å². The van der Waals surface area contributed by atoms with E-state index in [-0.39, 0.29) is 6.04 Å². The summed E-state index contributed by atoms with van der Waals surface area (Å²) in [5.41, 5.74) is 8.71. The molecule has 0 amide bonds. The monoisotopic (exact) mass is 282 g/mol. The molecule has 1 aromatic carbocycles. The third-order valence-electron chi connectivity index (χ3n) is 3.70. The first-order valence-electron chi connectivity index (χ1n) is 6.82. The molecule has 3 aromatic rings. The van der Waals surface area contributed by atoms with E-state index in [1.807, 2.05) is 38.2 Å². The molecule has 1 unspecified atom stereocenters. The zero-order chi connectivity index (χ0) is 15.0. The van der Waals surface area contributed by atoms with Crippen LogP contribution in [0.4, 0.5) is 11.5 Å². The Morgan fingerprint density at radius 1 is 1.29 bits per heavy atom. The van der Waals surface area contributed by atoms with E-state index < -0.39 is 0 Å². The number of anilines is 2. The molecule has 6 nitrogen and oxygen atoms in total. The quantitative estimate of drug-likeness (QED) is 0.746. The summed E-state index contributed by atoms with van der Waals surface area (Å²) >= 11 is 0. The Kier molecular flexibility index (Phi) is 3.21. The summed E-state index contributed by atoms with van der Waals surface area (Å²) in [5.74, 6) is 1.56. The average Bonchev–Trinajstić information content (AvgIpc) is 2.93. The number of nitrogens with two attached hydrogens (primary N) is 1. The van der Waals surface area contributed by atoms with Gasteiger partial charge in [0.2, 0.25) is 0 Å². The molecule has 0 saturated carbocycles. The predicted octanol–water partition coefficient (Wildman–Crippen LogP) is 2.21. The van der Waals surface area contributed by atoms with Gasteiger partial charge in [-0.25, -0.2) is 4.98 Å². The van der Waals surface area contributed by atoms with Crippen molar-refractivity contribution in [2.45, 2.75) is 19.9 Å². The van der Waals surface area contributed by atoms with Crippen LogP contribution in [-0.4, -0.2) is 26.6 Å². The largest absolute Gasteiger partial charge is 0.399 e. The molecule has 0 bridgehead atoms. The average molecular weight is 282 g/mol.